The molecule has 2 fully saturated rings. The zero-order chi connectivity index (χ0) is 11.5. The quantitative estimate of drug-likeness (QED) is 0.753. The van der Waals surface area contributed by atoms with Gasteiger partial charge in [0.1, 0.15) is 0 Å². The summed E-state index contributed by atoms with van der Waals surface area (Å²) in [4.78, 5) is 14.1. The van der Waals surface area contributed by atoms with E-state index in [1.54, 1.807) is 0 Å². The molecule has 2 aliphatic rings. The third kappa shape index (κ3) is 2.55. The number of likely N-dealkylation sites (tertiary alicyclic amines) is 1. The Kier molecular flexibility index (Phi) is 3.82. The lowest BCUT2D eigenvalue weighted by Gasteiger charge is -2.33. The number of hydrogen-bond donors (Lipinski definition) is 1. The molecule has 4 heteroatoms. The van der Waals surface area contributed by atoms with E-state index in [1.165, 1.54) is 0 Å². The lowest BCUT2D eigenvalue weighted by atomic mass is 9.96. The first-order chi connectivity index (χ1) is 7.70. The fraction of sp³-hybridized carbons (Fsp3) is 0.917. The summed E-state index contributed by atoms with van der Waals surface area (Å²) in [5.41, 5.74) is 0. The molecule has 0 aliphatic carbocycles. The van der Waals surface area contributed by atoms with Crippen molar-refractivity contribution in [3.05, 3.63) is 0 Å². The van der Waals surface area contributed by atoms with Crippen LogP contribution in [0.15, 0.2) is 0 Å². The molecule has 2 aliphatic heterocycles. The predicted molar refractivity (Wildman–Crippen MR) is 59.9 cm³/mol. The second-order valence-electron chi connectivity index (χ2n) is 5.05. The molecule has 0 aromatic carbocycles. The van der Waals surface area contributed by atoms with E-state index in [0.717, 1.165) is 32.4 Å². The Labute approximate surface area is 96.6 Å². The molecule has 0 aromatic heterocycles. The topological polar surface area (TPSA) is 49.8 Å². The molecule has 0 radical (unpaired) electrons. The SMILES string of the molecule is CC1CC(C(=O)N2CCCC(CO)C2)CO1. The molecule has 4 nitrogen and oxygen atoms in total. The Hall–Kier alpha value is -0.610. The van der Waals surface area contributed by atoms with Crippen LogP contribution in [0.3, 0.4) is 0 Å². The van der Waals surface area contributed by atoms with Crippen LogP contribution in [0.5, 0.6) is 0 Å². The normalized spacial score (nSPS) is 35.4. The highest BCUT2D eigenvalue weighted by Gasteiger charge is 2.33. The van der Waals surface area contributed by atoms with Gasteiger partial charge < -0.3 is 14.7 Å². The first kappa shape index (κ1) is 11.9. The van der Waals surface area contributed by atoms with Gasteiger partial charge in [-0.05, 0) is 32.1 Å². The summed E-state index contributed by atoms with van der Waals surface area (Å²) in [6.07, 6.45) is 3.12. The number of nitrogens with zero attached hydrogens (tertiary/aromatic N) is 1. The highest BCUT2D eigenvalue weighted by Crippen LogP contribution is 2.24. The second-order valence-corrected chi connectivity index (χ2v) is 5.05. The van der Waals surface area contributed by atoms with E-state index in [4.69, 9.17) is 9.84 Å². The number of carbonyl (C=O) groups excluding carboxylic acids is 1. The molecule has 1 N–H and O–H groups in total. The monoisotopic (exact) mass is 227 g/mol. The largest absolute Gasteiger partial charge is 0.396 e. The predicted octanol–water partition coefficient (Wildman–Crippen LogP) is 0.642. The van der Waals surface area contributed by atoms with Crippen LogP contribution in [0.2, 0.25) is 0 Å². The molecule has 3 unspecified atom stereocenters. The Balaban J connectivity index is 1.89. The molecule has 3 atom stereocenters. The van der Waals surface area contributed by atoms with Crippen LogP contribution in [-0.2, 0) is 9.53 Å². The Morgan fingerprint density at radius 2 is 2.38 bits per heavy atom. The number of amides is 1. The maximum atomic E-state index is 12.2. The maximum Gasteiger partial charge on any atom is 0.228 e. The summed E-state index contributed by atoms with van der Waals surface area (Å²) in [6, 6.07) is 0. The molecular weight excluding hydrogens is 206 g/mol. The van der Waals surface area contributed by atoms with Gasteiger partial charge in [-0.15, -0.1) is 0 Å². The van der Waals surface area contributed by atoms with Gasteiger partial charge in [0.2, 0.25) is 5.91 Å². The van der Waals surface area contributed by atoms with Crippen molar-refractivity contribution in [3.8, 4) is 0 Å². The lowest BCUT2D eigenvalue weighted by Crippen LogP contribution is -2.44. The minimum Gasteiger partial charge on any atom is -0.396 e. The summed E-state index contributed by atoms with van der Waals surface area (Å²) in [6.45, 7) is 4.35. The van der Waals surface area contributed by atoms with Crippen molar-refractivity contribution >= 4 is 5.91 Å². The van der Waals surface area contributed by atoms with E-state index < -0.39 is 0 Å². The summed E-state index contributed by atoms with van der Waals surface area (Å²) < 4.78 is 5.43. The third-order valence-electron chi connectivity index (χ3n) is 3.64. The molecule has 2 rings (SSSR count). The van der Waals surface area contributed by atoms with E-state index in [9.17, 15) is 4.79 Å². The number of aliphatic hydroxyl groups is 1. The van der Waals surface area contributed by atoms with Crippen LogP contribution < -0.4 is 0 Å². The van der Waals surface area contributed by atoms with E-state index in [1.807, 2.05) is 11.8 Å². The molecular formula is C12H21NO3. The van der Waals surface area contributed by atoms with Crippen LogP contribution >= 0.6 is 0 Å². The molecule has 16 heavy (non-hydrogen) atoms. The van der Waals surface area contributed by atoms with E-state index >= 15 is 0 Å². The molecule has 92 valence electrons. The number of ether oxygens (including phenoxy) is 1. The number of hydrogen-bond acceptors (Lipinski definition) is 3. The van der Waals surface area contributed by atoms with Crippen LogP contribution in [0.25, 0.3) is 0 Å². The zero-order valence-electron chi connectivity index (χ0n) is 9.89. The summed E-state index contributed by atoms with van der Waals surface area (Å²) in [5.74, 6) is 0.549. The van der Waals surface area contributed by atoms with Gasteiger partial charge >= 0.3 is 0 Å². The molecule has 0 saturated carbocycles. The highest BCUT2D eigenvalue weighted by molar-refractivity contribution is 5.79. The van der Waals surface area contributed by atoms with Gasteiger partial charge in [0, 0.05) is 19.7 Å². The van der Waals surface area contributed by atoms with Crippen LogP contribution in [-0.4, -0.2) is 48.3 Å². The van der Waals surface area contributed by atoms with Crippen LogP contribution in [0.1, 0.15) is 26.2 Å². The number of rotatable bonds is 2. The smallest absolute Gasteiger partial charge is 0.228 e. The van der Waals surface area contributed by atoms with Crippen LogP contribution in [0.4, 0.5) is 0 Å². The van der Waals surface area contributed by atoms with Gasteiger partial charge in [-0.25, -0.2) is 0 Å². The van der Waals surface area contributed by atoms with Crippen LogP contribution in [0, 0.1) is 11.8 Å². The molecule has 1 amide bonds. The number of piperidine rings is 1. The minimum absolute atomic E-state index is 0.0486. The average Bonchev–Trinajstić information content (AvgIpc) is 2.75. The van der Waals surface area contributed by atoms with E-state index in [2.05, 4.69) is 0 Å². The van der Waals surface area contributed by atoms with Crippen molar-refractivity contribution < 1.29 is 14.6 Å². The summed E-state index contributed by atoms with van der Waals surface area (Å²) in [5, 5.41) is 9.14. The van der Waals surface area contributed by atoms with Gasteiger partial charge in [0.25, 0.3) is 0 Å². The van der Waals surface area contributed by atoms with Gasteiger partial charge in [-0.3, -0.25) is 4.79 Å². The fourth-order valence-corrected chi connectivity index (χ4v) is 2.66. The van der Waals surface area contributed by atoms with Gasteiger partial charge in [0.15, 0.2) is 0 Å². The maximum absolute atomic E-state index is 12.2. The van der Waals surface area contributed by atoms with Crippen molar-refractivity contribution in [2.75, 3.05) is 26.3 Å². The average molecular weight is 227 g/mol. The van der Waals surface area contributed by atoms with E-state index in [0.29, 0.717) is 6.61 Å². The van der Waals surface area contributed by atoms with Crippen molar-refractivity contribution in [1.82, 2.24) is 4.90 Å². The third-order valence-corrected chi connectivity index (χ3v) is 3.64. The molecule has 2 heterocycles. The Morgan fingerprint density at radius 1 is 1.56 bits per heavy atom. The molecule has 0 bridgehead atoms. The summed E-state index contributed by atoms with van der Waals surface area (Å²) >= 11 is 0. The van der Waals surface area contributed by atoms with Crippen molar-refractivity contribution in [1.29, 1.82) is 0 Å². The Morgan fingerprint density at radius 3 is 3.00 bits per heavy atom. The van der Waals surface area contributed by atoms with Gasteiger partial charge in [-0.1, -0.05) is 0 Å². The van der Waals surface area contributed by atoms with E-state index in [-0.39, 0.29) is 30.5 Å². The minimum atomic E-state index is 0.0486. The molecule has 0 spiro atoms. The van der Waals surface area contributed by atoms with Crippen molar-refractivity contribution in [2.24, 2.45) is 11.8 Å². The molecule has 2 saturated heterocycles. The highest BCUT2D eigenvalue weighted by atomic mass is 16.5. The van der Waals surface area contributed by atoms with Gasteiger partial charge in [0.05, 0.1) is 18.6 Å². The fourth-order valence-electron chi connectivity index (χ4n) is 2.66. The molecule has 0 aromatic rings. The lowest BCUT2D eigenvalue weighted by molar-refractivity contribution is -0.137. The first-order valence-corrected chi connectivity index (χ1v) is 6.22. The van der Waals surface area contributed by atoms with Crippen molar-refractivity contribution in [3.63, 3.8) is 0 Å². The van der Waals surface area contributed by atoms with Crippen molar-refractivity contribution in [2.45, 2.75) is 32.3 Å². The zero-order valence-corrected chi connectivity index (χ0v) is 9.89. The first-order valence-electron chi connectivity index (χ1n) is 6.22. The number of carbonyl (C=O) groups is 1. The standard InChI is InChI=1S/C12H21NO3/c1-9-5-11(8-16-9)12(15)13-4-2-3-10(6-13)7-14/h9-11,14H,2-8H2,1H3. The second kappa shape index (κ2) is 5.15. The van der Waals surface area contributed by atoms with Gasteiger partial charge in [-0.2, -0.15) is 0 Å². The summed E-state index contributed by atoms with van der Waals surface area (Å²) in [7, 11) is 0. The Bertz CT molecular complexity index is 257. The number of aliphatic hydroxyl groups excluding tert-OH is 1.